The summed E-state index contributed by atoms with van der Waals surface area (Å²) < 4.78 is 6.51. The number of fused-ring (bicyclic) bond motifs is 10. The molecule has 3 nitrogen and oxygen atoms in total. The van der Waals surface area contributed by atoms with Crippen LogP contribution in [0.1, 0.15) is 74.9 Å². The van der Waals surface area contributed by atoms with Gasteiger partial charge < -0.3 is 14.5 Å². The number of hydrogen-bond donors (Lipinski definition) is 0. The summed E-state index contributed by atoms with van der Waals surface area (Å²) in [7, 11) is 0. The Hall–Kier alpha value is -6.06. The van der Waals surface area contributed by atoms with Crippen LogP contribution in [0.4, 0.5) is 34.1 Å². The molecule has 0 saturated carbocycles. The highest BCUT2D eigenvalue weighted by atomic mass is 16.5. The summed E-state index contributed by atoms with van der Waals surface area (Å²) in [5.74, 6) is 1.78. The first-order valence-electron chi connectivity index (χ1n) is 19.2. The van der Waals surface area contributed by atoms with Crippen LogP contribution in [-0.2, 0) is 16.2 Å². The van der Waals surface area contributed by atoms with E-state index in [2.05, 4.69) is 197 Å². The van der Waals surface area contributed by atoms with Crippen LogP contribution < -0.4 is 14.5 Å². The van der Waals surface area contributed by atoms with Crippen LogP contribution in [0.15, 0.2) is 146 Å². The monoisotopic (exact) mass is 698 g/mol. The Balaban J connectivity index is 1.14. The molecule has 3 heteroatoms. The molecule has 11 rings (SSSR count). The van der Waals surface area contributed by atoms with E-state index >= 15 is 0 Å². The first kappa shape index (κ1) is 31.5. The van der Waals surface area contributed by atoms with Crippen molar-refractivity contribution < 1.29 is 4.74 Å². The van der Waals surface area contributed by atoms with Gasteiger partial charge in [0.15, 0.2) is 11.5 Å². The molecule has 0 unspecified atom stereocenters. The molecule has 0 N–H and O–H groups in total. The highest BCUT2D eigenvalue weighted by Gasteiger charge is 2.43. The lowest BCUT2D eigenvalue weighted by atomic mass is 9.73. The van der Waals surface area contributed by atoms with Gasteiger partial charge in [0.05, 0.1) is 17.1 Å². The summed E-state index contributed by atoms with van der Waals surface area (Å²) in [6.45, 7) is 14.2. The molecule has 0 saturated heterocycles. The van der Waals surface area contributed by atoms with Gasteiger partial charge in [-0.1, -0.05) is 126 Å². The van der Waals surface area contributed by atoms with E-state index in [4.69, 9.17) is 4.74 Å². The largest absolute Gasteiger partial charge is 0.453 e. The molecule has 4 aliphatic rings. The fraction of sp³-hybridized carbons (Fsp3) is 0.176. The van der Waals surface area contributed by atoms with E-state index in [0.29, 0.717) is 0 Å². The molecule has 0 bridgehead atoms. The maximum absolute atomic E-state index is 6.51. The summed E-state index contributed by atoms with van der Waals surface area (Å²) in [6.07, 6.45) is 0. The van der Waals surface area contributed by atoms with Crippen molar-refractivity contribution >= 4 is 34.1 Å². The van der Waals surface area contributed by atoms with E-state index in [0.717, 1.165) is 39.9 Å². The van der Waals surface area contributed by atoms with E-state index < -0.39 is 0 Å². The molecule has 0 amide bonds. The van der Waals surface area contributed by atoms with Crippen molar-refractivity contribution in [3.05, 3.63) is 179 Å². The van der Waals surface area contributed by atoms with Crippen molar-refractivity contribution in [2.75, 3.05) is 9.80 Å². The van der Waals surface area contributed by atoms with Crippen LogP contribution in [0.5, 0.6) is 11.5 Å². The van der Waals surface area contributed by atoms with Crippen LogP contribution in [0.3, 0.4) is 0 Å². The topological polar surface area (TPSA) is 15.7 Å². The second kappa shape index (κ2) is 10.5. The van der Waals surface area contributed by atoms with Gasteiger partial charge in [-0.15, -0.1) is 0 Å². The number of hydrogen-bond acceptors (Lipinski definition) is 3. The summed E-state index contributed by atoms with van der Waals surface area (Å²) in [6, 6.07) is 54.1. The smallest absolute Gasteiger partial charge is 0.151 e. The van der Waals surface area contributed by atoms with Gasteiger partial charge in [0.2, 0.25) is 0 Å². The van der Waals surface area contributed by atoms with Gasteiger partial charge in [0.25, 0.3) is 0 Å². The minimum atomic E-state index is -0.280. The molecule has 0 aromatic heterocycles. The number of rotatable bonds is 3. The van der Waals surface area contributed by atoms with E-state index in [9.17, 15) is 0 Å². The fourth-order valence-corrected chi connectivity index (χ4v) is 10.2. The quantitative estimate of drug-likeness (QED) is 0.183. The molecule has 2 aliphatic carbocycles. The summed E-state index contributed by atoms with van der Waals surface area (Å²) in [4.78, 5) is 4.91. The molecule has 2 aliphatic heterocycles. The first-order chi connectivity index (χ1) is 26.0. The van der Waals surface area contributed by atoms with Crippen LogP contribution in [0.25, 0.3) is 22.3 Å². The average Bonchev–Trinajstić information content (AvgIpc) is 3.55. The molecule has 7 aromatic rings. The lowest BCUT2D eigenvalue weighted by Crippen LogP contribution is -2.32. The zero-order valence-corrected chi connectivity index (χ0v) is 31.7. The highest BCUT2D eigenvalue weighted by molar-refractivity contribution is 5.95. The maximum Gasteiger partial charge on any atom is 0.151 e. The third kappa shape index (κ3) is 4.02. The lowest BCUT2D eigenvalue weighted by molar-refractivity contribution is 0.471. The number of ether oxygens (including phenoxy) is 1. The summed E-state index contributed by atoms with van der Waals surface area (Å²) >= 11 is 0. The minimum Gasteiger partial charge on any atom is -0.453 e. The molecule has 262 valence electrons. The van der Waals surface area contributed by atoms with Gasteiger partial charge in [-0.25, -0.2) is 0 Å². The fourth-order valence-electron chi connectivity index (χ4n) is 10.2. The number of para-hydroxylation sites is 3. The van der Waals surface area contributed by atoms with E-state index in [-0.39, 0.29) is 16.2 Å². The standard InChI is InChI=1S/C51H42N2O/c1-49(2)38-16-9-7-14-34(38)36-25-22-31(28-41(36)49)52(32-23-26-37-35-15-8-10-17-39(35)50(3,4)42(37)29-32)33-24-27-44-43(30-33)51(5,6)40-18-13-21-47-48(40)53(44)45-19-11-12-20-46(45)54-47/h7-30H,1-6H3. The van der Waals surface area contributed by atoms with Crippen LogP contribution in [-0.4, -0.2) is 0 Å². The highest BCUT2D eigenvalue weighted by Crippen LogP contribution is 2.61. The van der Waals surface area contributed by atoms with E-state index in [1.807, 2.05) is 0 Å². The second-order valence-electron chi connectivity index (χ2n) is 17.0. The Bertz CT molecular complexity index is 2640. The molecule has 54 heavy (non-hydrogen) atoms. The molecule has 7 aromatic carbocycles. The van der Waals surface area contributed by atoms with Crippen molar-refractivity contribution in [1.29, 1.82) is 0 Å². The Kier molecular flexibility index (Phi) is 6.14. The Morgan fingerprint density at radius 3 is 1.48 bits per heavy atom. The van der Waals surface area contributed by atoms with Gasteiger partial charge in [0.1, 0.15) is 0 Å². The van der Waals surface area contributed by atoms with Crippen molar-refractivity contribution in [2.24, 2.45) is 0 Å². The first-order valence-corrected chi connectivity index (χ1v) is 19.2. The minimum absolute atomic E-state index is 0.113. The van der Waals surface area contributed by atoms with Gasteiger partial charge in [-0.3, -0.25) is 0 Å². The molecule has 0 radical (unpaired) electrons. The second-order valence-corrected chi connectivity index (χ2v) is 17.0. The summed E-state index contributed by atoms with van der Waals surface area (Å²) in [5.41, 5.74) is 19.8. The van der Waals surface area contributed by atoms with Crippen molar-refractivity contribution in [1.82, 2.24) is 0 Å². The Morgan fingerprint density at radius 2 is 0.852 bits per heavy atom. The van der Waals surface area contributed by atoms with E-state index in [1.54, 1.807) is 0 Å². The molecule has 0 spiro atoms. The molecular weight excluding hydrogens is 657 g/mol. The lowest BCUT2D eigenvalue weighted by Gasteiger charge is -2.45. The molecule has 0 fully saturated rings. The predicted molar refractivity (Wildman–Crippen MR) is 223 cm³/mol. The maximum atomic E-state index is 6.51. The van der Waals surface area contributed by atoms with Gasteiger partial charge in [-0.2, -0.15) is 0 Å². The van der Waals surface area contributed by atoms with Crippen molar-refractivity contribution in [2.45, 2.75) is 57.8 Å². The third-order valence-corrected chi connectivity index (χ3v) is 13.0. The Morgan fingerprint density at radius 1 is 0.389 bits per heavy atom. The van der Waals surface area contributed by atoms with E-state index in [1.165, 1.54) is 61.3 Å². The zero-order valence-electron chi connectivity index (χ0n) is 31.7. The molecular formula is C51H42N2O. The molecule has 0 atom stereocenters. The van der Waals surface area contributed by atoms with Crippen LogP contribution >= 0.6 is 0 Å². The Labute approximate surface area is 318 Å². The van der Waals surface area contributed by atoms with Crippen molar-refractivity contribution in [3.8, 4) is 33.8 Å². The zero-order chi connectivity index (χ0) is 36.7. The predicted octanol–water partition coefficient (Wildman–Crippen LogP) is 14.0. The van der Waals surface area contributed by atoms with Crippen LogP contribution in [0, 0.1) is 0 Å². The number of nitrogens with zero attached hydrogens (tertiary/aromatic N) is 2. The van der Waals surface area contributed by atoms with Crippen molar-refractivity contribution in [3.63, 3.8) is 0 Å². The summed E-state index contributed by atoms with van der Waals surface area (Å²) in [5, 5.41) is 0. The average molecular weight is 699 g/mol. The normalized spacial score (nSPS) is 16.5. The number of anilines is 6. The molecule has 2 heterocycles. The van der Waals surface area contributed by atoms with Gasteiger partial charge in [-0.05, 0) is 116 Å². The third-order valence-electron chi connectivity index (χ3n) is 13.0. The SMILES string of the molecule is CC1(C)c2ccccc2-c2ccc(N(c3ccc4c(c3)C(C)(C)c3ccccc3-4)c3ccc4c(c3)C(C)(C)c3cccc5c3N4c3ccccc3O5)cc21. The van der Waals surface area contributed by atoms with Gasteiger partial charge in [0, 0.05) is 33.3 Å². The van der Waals surface area contributed by atoms with Gasteiger partial charge >= 0.3 is 0 Å². The van der Waals surface area contributed by atoms with Crippen LogP contribution in [0.2, 0.25) is 0 Å². The number of benzene rings is 7.